The van der Waals surface area contributed by atoms with Crippen LogP contribution in [0.15, 0.2) is 36.4 Å². The van der Waals surface area contributed by atoms with Crippen molar-refractivity contribution in [2.45, 2.75) is 33.0 Å². The Morgan fingerprint density at radius 3 is 2.78 bits per heavy atom. The molecule has 0 atom stereocenters. The minimum absolute atomic E-state index is 0.277. The first-order chi connectivity index (χ1) is 12.8. The van der Waals surface area contributed by atoms with Crippen LogP contribution < -0.4 is 14.9 Å². The van der Waals surface area contributed by atoms with Gasteiger partial charge < -0.3 is 18.9 Å². The maximum atomic E-state index is 11.9. The molecule has 0 bridgehead atoms. The molecular weight excluding hydrogens is 345 g/mol. The van der Waals surface area contributed by atoms with Crippen LogP contribution in [0.25, 0.3) is 0 Å². The minimum Gasteiger partial charge on any atom is -0.478 e. The molecule has 6 nitrogen and oxygen atoms in total. The predicted octanol–water partition coefficient (Wildman–Crippen LogP) is 2.58. The van der Waals surface area contributed by atoms with Crippen molar-refractivity contribution in [2.75, 3.05) is 6.61 Å². The fourth-order valence-corrected chi connectivity index (χ4v) is 2.62. The molecule has 0 saturated carbocycles. The Balaban J connectivity index is 1.77. The molecule has 138 valence electrons. The van der Waals surface area contributed by atoms with Crippen molar-refractivity contribution in [3.63, 3.8) is 0 Å². The zero-order chi connectivity index (χ0) is 19.4. The Kier molecular flexibility index (Phi) is 5.38. The number of esters is 1. The van der Waals surface area contributed by atoms with E-state index < -0.39 is 11.6 Å². The molecule has 0 radical (unpaired) electrons. The molecule has 0 aliphatic carbocycles. The highest BCUT2D eigenvalue weighted by Crippen LogP contribution is 2.33. The first-order valence-corrected chi connectivity index (χ1v) is 8.60. The maximum Gasteiger partial charge on any atom is 0.344 e. The van der Waals surface area contributed by atoms with Gasteiger partial charge in [0.25, 0.3) is 0 Å². The van der Waals surface area contributed by atoms with Gasteiger partial charge in [0, 0.05) is 6.07 Å². The Morgan fingerprint density at radius 1 is 1.22 bits per heavy atom. The Morgan fingerprint density at radius 2 is 2.04 bits per heavy atom. The average Bonchev–Trinajstić information content (AvgIpc) is 3.07. The molecule has 0 amide bonds. The summed E-state index contributed by atoms with van der Waals surface area (Å²) < 4.78 is 22.2. The molecule has 3 rings (SSSR count). The van der Waals surface area contributed by atoms with E-state index in [9.17, 15) is 4.79 Å². The Bertz CT molecular complexity index is 898. The van der Waals surface area contributed by atoms with E-state index in [1.807, 2.05) is 18.2 Å². The number of nitrogens with zero attached hydrogens (tertiary/aromatic N) is 1. The van der Waals surface area contributed by atoms with Gasteiger partial charge in [-0.15, -0.1) is 0 Å². The van der Waals surface area contributed by atoms with Crippen LogP contribution in [-0.4, -0.2) is 25.7 Å². The van der Waals surface area contributed by atoms with Crippen LogP contribution in [-0.2, 0) is 20.8 Å². The molecule has 0 fully saturated rings. The zero-order valence-electron chi connectivity index (χ0n) is 15.6. The molecular formula is C20H20BNO5. The first-order valence-electron chi connectivity index (χ1n) is 8.60. The van der Waals surface area contributed by atoms with E-state index in [0.29, 0.717) is 36.9 Å². The van der Waals surface area contributed by atoms with E-state index in [0.717, 1.165) is 11.0 Å². The Hall–Kier alpha value is -2.98. The first kappa shape index (κ1) is 18.8. The number of carbonyl (C=O) groups excluding carboxylic acids is 1. The van der Waals surface area contributed by atoms with Crippen LogP contribution in [0.2, 0.25) is 0 Å². The smallest absolute Gasteiger partial charge is 0.344 e. The largest absolute Gasteiger partial charge is 0.478 e. The SMILES string of the molecule is CC(C)(C)OC(=O)COc1cc(C#N)ccc1Oc1ccc2c(c1)COB2. The second-order valence-corrected chi connectivity index (χ2v) is 7.17. The highest BCUT2D eigenvalue weighted by atomic mass is 16.6. The third-order valence-corrected chi connectivity index (χ3v) is 3.76. The summed E-state index contributed by atoms with van der Waals surface area (Å²) in [4.78, 5) is 11.9. The molecule has 1 heterocycles. The number of carbonyl (C=O) groups is 1. The van der Waals surface area contributed by atoms with Crippen molar-refractivity contribution in [3.05, 3.63) is 47.5 Å². The second-order valence-electron chi connectivity index (χ2n) is 7.17. The van der Waals surface area contributed by atoms with Gasteiger partial charge in [-0.1, -0.05) is 6.07 Å². The fourth-order valence-electron chi connectivity index (χ4n) is 2.62. The van der Waals surface area contributed by atoms with Gasteiger partial charge in [-0.2, -0.15) is 5.26 Å². The third-order valence-electron chi connectivity index (χ3n) is 3.76. The van der Waals surface area contributed by atoms with Crippen LogP contribution in [0.4, 0.5) is 0 Å². The van der Waals surface area contributed by atoms with Gasteiger partial charge in [-0.25, -0.2) is 4.79 Å². The summed E-state index contributed by atoms with van der Waals surface area (Å²) in [7, 11) is 0.608. The topological polar surface area (TPSA) is 77.8 Å². The van der Waals surface area contributed by atoms with Gasteiger partial charge in [0.15, 0.2) is 18.1 Å². The molecule has 7 heteroatoms. The van der Waals surface area contributed by atoms with Crippen LogP contribution in [0.3, 0.4) is 0 Å². The monoisotopic (exact) mass is 365 g/mol. The van der Waals surface area contributed by atoms with Gasteiger partial charge in [0.2, 0.25) is 0 Å². The summed E-state index contributed by atoms with van der Waals surface area (Å²) in [6, 6.07) is 12.6. The molecule has 0 N–H and O–H groups in total. The summed E-state index contributed by atoms with van der Waals surface area (Å²) in [5.41, 5.74) is 2.03. The van der Waals surface area contributed by atoms with Gasteiger partial charge in [0.05, 0.1) is 18.2 Å². The number of ether oxygens (including phenoxy) is 3. The molecule has 0 unspecified atom stereocenters. The number of rotatable bonds is 5. The van der Waals surface area contributed by atoms with Crippen molar-refractivity contribution in [3.8, 4) is 23.3 Å². The normalized spacial score (nSPS) is 12.5. The zero-order valence-corrected chi connectivity index (χ0v) is 15.6. The van der Waals surface area contributed by atoms with Crippen LogP contribution >= 0.6 is 0 Å². The third kappa shape index (κ3) is 5.02. The summed E-state index contributed by atoms with van der Waals surface area (Å²) in [6.07, 6.45) is 0. The molecule has 2 aromatic carbocycles. The van der Waals surface area contributed by atoms with Gasteiger partial charge in [-0.05, 0) is 56.1 Å². The summed E-state index contributed by atoms with van der Waals surface area (Å²) >= 11 is 0. The van der Waals surface area contributed by atoms with E-state index in [1.165, 1.54) is 6.07 Å². The molecule has 1 aliphatic rings. The van der Waals surface area contributed by atoms with E-state index in [2.05, 4.69) is 6.07 Å². The van der Waals surface area contributed by atoms with Crippen LogP contribution in [0, 0.1) is 11.3 Å². The molecule has 27 heavy (non-hydrogen) atoms. The van der Waals surface area contributed by atoms with Crippen LogP contribution in [0.1, 0.15) is 31.9 Å². The van der Waals surface area contributed by atoms with E-state index in [-0.39, 0.29) is 6.61 Å². The quantitative estimate of drug-likeness (QED) is 0.599. The molecule has 0 aromatic heterocycles. The molecule has 1 aliphatic heterocycles. The lowest BCUT2D eigenvalue weighted by Gasteiger charge is -2.20. The van der Waals surface area contributed by atoms with Crippen LogP contribution in [0.5, 0.6) is 17.2 Å². The van der Waals surface area contributed by atoms with E-state index >= 15 is 0 Å². The van der Waals surface area contributed by atoms with Crippen molar-refractivity contribution < 1.29 is 23.7 Å². The van der Waals surface area contributed by atoms with Gasteiger partial charge in [0.1, 0.15) is 11.4 Å². The van der Waals surface area contributed by atoms with Gasteiger partial charge >= 0.3 is 13.5 Å². The molecule has 0 spiro atoms. The van der Waals surface area contributed by atoms with Crippen molar-refractivity contribution >= 4 is 18.9 Å². The van der Waals surface area contributed by atoms with Gasteiger partial charge in [-0.3, -0.25) is 0 Å². The standard InChI is InChI=1S/C20H20BNO5/c1-20(2,3)27-19(23)12-24-18-8-13(10-22)4-7-17(18)26-15-5-6-16-14(9-15)11-25-21-16/h4-9,21H,11-12H2,1-3H3. The minimum atomic E-state index is -0.596. The predicted molar refractivity (Wildman–Crippen MR) is 101 cm³/mol. The molecule has 0 saturated heterocycles. The summed E-state index contributed by atoms with van der Waals surface area (Å²) in [5, 5.41) is 9.13. The number of fused-ring (bicyclic) bond motifs is 1. The number of benzene rings is 2. The lowest BCUT2D eigenvalue weighted by Crippen LogP contribution is -2.27. The highest BCUT2D eigenvalue weighted by molar-refractivity contribution is 6.48. The maximum absolute atomic E-state index is 11.9. The lowest BCUT2D eigenvalue weighted by atomic mass is 9.87. The number of hydrogen-bond donors (Lipinski definition) is 0. The van der Waals surface area contributed by atoms with Crippen molar-refractivity contribution in [2.24, 2.45) is 0 Å². The number of nitriles is 1. The highest BCUT2D eigenvalue weighted by Gasteiger charge is 2.18. The summed E-state index contributed by atoms with van der Waals surface area (Å²) in [6.45, 7) is 5.64. The second kappa shape index (κ2) is 7.72. The Labute approximate surface area is 158 Å². The van der Waals surface area contributed by atoms with Crippen molar-refractivity contribution in [1.82, 2.24) is 0 Å². The van der Waals surface area contributed by atoms with Crippen molar-refractivity contribution in [1.29, 1.82) is 5.26 Å². The fraction of sp³-hybridized carbons (Fsp3) is 0.300. The lowest BCUT2D eigenvalue weighted by molar-refractivity contribution is -0.157. The summed E-state index contributed by atoms with van der Waals surface area (Å²) in [5.74, 6) is 0.852. The van der Waals surface area contributed by atoms with E-state index in [4.69, 9.17) is 24.1 Å². The number of hydrogen-bond acceptors (Lipinski definition) is 6. The molecule has 2 aromatic rings. The average molecular weight is 365 g/mol. The van der Waals surface area contributed by atoms with E-state index in [1.54, 1.807) is 32.9 Å².